The van der Waals surface area contributed by atoms with Crippen molar-refractivity contribution in [3.05, 3.63) is 34.0 Å². The van der Waals surface area contributed by atoms with Gasteiger partial charge in [-0.3, -0.25) is 10.1 Å². The summed E-state index contributed by atoms with van der Waals surface area (Å²) in [5.41, 5.74) is 0.744. The maximum atomic E-state index is 10.2. The number of hydrazone groups is 1. The molecule has 2 N–H and O–H groups in total. The number of hydrogen-bond donors (Lipinski definition) is 1. The molecule has 0 atom stereocenters. The first-order valence-electron chi connectivity index (χ1n) is 3.03. The number of allylic oxidation sites excluding steroid dienone is 3. The zero-order valence-corrected chi connectivity index (χ0v) is 5.73. The molecule has 0 saturated carbocycles. The monoisotopic (exact) mass is 153 g/mol. The predicted octanol–water partition coefficient (Wildman–Crippen LogP) is 0.422. The van der Waals surface area contributed by atoms with E-state index in [4.69, 9.17) is 5.84 Å². The third-order valence-corrected chi connectivity index (χ3v) is 1.34. The van der Waals surface area contributed by atoms with Crippen molar-refractivity contribution < 1.29 is 4.92 Å². The Hall–Kier alpha value is -1.65. The van der Waals surface area contributed by atoms with E-state index in [1.807, 2.05) is 0 Å². The van der Waals surface area contributed by atoms with Gasteiger partial charge in [0.2, 0.25) is 0 Å². The summed E-state index contributed by atoms with van der Waals surface area (Å²) < 4.78 is 0. The van der Waals surface area contributed by atoms with Crippen LogP contribution in [0.4, 0.5) is 0 Å². The molecule has 0 radical (unpaired) electrons. The van der Waals surface area contributed by atoms with Gasteiger partial charge in [-0.1, -0.05) is 0 Å². The van der Waals surface area contributed by atoms with E-state index < -0.39 is 4.92 Å². The smallest absolute Gasteiger partial charge is 0.265 e. The largest absolute Gasteiger partial charge is 0.323 e. The molecule has 11 heavy (non-hydrogen) atoms. The topological polar surface area (TPSA) is 81.5 Å². The SMILES string of the molecule is N/N=C1\C=CC([N+](=O)[O-])=CC1. The van der Waals surface area contributed by atoms with E-state index in [0.29, 0.717) is 12.1 Å². The quantitative estimate of drug-likeness (QED) is 0.336. The first-order valence-corrected chi connectivity index (χ1v) is 3.03. The Morgan fingerprint density at radius 2 is 2.36 bits per heavy atom. The van der Waals surface area contributed by atoms with Gasteiger partial charge in [0.25, 0.3) is 5.70 Å². The Bertz CT molecular complexity index is 265. The van der Waals surface area contributed by atoms with Crippen molar-refractivity contribution in [1.29, 1.82) is 0 Å². The molecule has 1 aliphatic carbocycles. The molecular formula is C6H7N3O2. The molecular weight excluding hydrogens is 146 g/mol. The van der Waals surface area contributed by atoms with Crippen LogP contribution in [-0.4, -0.2) is 10.6 Å². The lowest BCUT2D eigenvalue weighted by atomic mass is 10.1. The summed E-state index contributed by atoms with van der Waals surface area (Å²) in [6.07, 6.45) is 4.84. The number of hydrogen-bond acceptors (Lipinski definition) is 4. The van der Waals surface area contributed by atoms with Crippen molar-refractivity contribution in [2.24, 2.45) is 10.9 Å². The molecule has 0 aromatic rings. The van der Waals surface area contributed by atoms with E-state index in [2.05, 4.69) is 5.10 Å². The number of nitrogens with zero attached hydrogens (tertiary/aromatic N) is 2. The van der Waals surface area contributed by atoms with Gasteiger partial charge < -0.3 is 5.84 Å². The average Bonchev–Trinajstić information content (AvgIpc) is 2.05. The van der Waals surface area contributed by atoms with Gasteiger partial charge in [-0.25, -0.2) is 0 Å². The minimum absolute atomic E-state index is 0.0948. The average molecular weight is 153 g/mol. The summed E-state index contributed by atoms with van der Waals surface area (Å²) in [6.45, 7) is 0. The van der Waals surface area contributed by atoms with E-state index in [1.165, 1.54) is 18.2 Å². The molecule has 0 spiro atoms. The van der Waals surface area contributed by atoms with Crippen LogP contribution >= 0.6 is 0 Å². The summed E-state index contributed by atoms with van der Waals surface area (Å²) in [4.78, 5) is 9.72. The summed E-state index contributed by atoms with van der Waals surface area (Å²) in [7, 11) is 0. The second-order valence-corrected chi connectivity index (χ2v) is 2.04. The molecule has 0 fully saturated rings. The van der Waals surface area contributed by atoms with Crippen LogP contribution in [0.15, 0.2) is 29.0 Å². The Kier molecular flexibility index (Phi) is 2.00. The van der Waals surface area contributed by atoms with E-state index in [-0.39, 0.29) is 5.70 Å². The fourth-order valence-electron chi connectivity index (χ4n) is 0.758. The number of rotatable bonds is 1. The zero-order valence-electron chi connectivity index (χ0n) is 5.73. The Morgan fingerprint density at radius 3 is 2.73 bits per heavy atom. The lowest BCUT2D eigenvalue weighted by molar-refractivity contribution is -0.419. The molecule has 1 rings (SSSR count). The number of nitrogens with two attached hydrogens (primary N) is 1. The van der Waals surface area contributed by atoms with Gasteiger partial charge in [-0.15, -0.1) is 0 Å². The molecule has 0 aromatic heterocycles. The van der Waals surface area contributed by atoms with Crippen LogP contribution in [0.5, 0.6) is 0 Å². The second kappa shape index (κ2) is 2.96. The number of nitro groups is 1. The first-order chi connectivity index (χ1) is 5.24. The molecule has 58 valence electrons. The summed E-state index contributed by atoms with van der Waals surface area (Å²) in [5.74, 6) is 4.96. The van der Waals surface area contributed by atoms with E-state index in [0.717, 1.165) is 0 Å². The zero-order chi connectivity index (χ0) is 8.27. The standard InChI is InChI=1S/C6H7N3O2/c7-8-5-1-3-6(4-2-5)9(10)11/h1,3-4H,2,7H2/b8-5+. The third-order valence-electron chi connectivity index (χ3n) is 1.34. The highest BCUT2D eigenvalue weighted by Gasteiger charge is 2.10. The maximum absolute atomic E-state index is 10.2. The van der Waals surface area contributed by atoms with Crippen LogP contribution in [0.3, 0.4) is 0 Å². The summed E-state index contributed by atoms with van der Waals surface area (Å²) in [5, 5.41) is 13.6. The second-order valence-electron chi connectivity index (χ2n) is 2.04. The van der Waals surface area contributed by atoms with E-state index in [1.54, 1.807) is 0 Å². The molecule has 0 saturated heterocycles. The molecule has 0 aliphatic heterocycles. The van der Waals surface area contributed by atoms with Crippen molar-refractivity contribution in [2.45, 2.75) is 6.42 Å². The first kappa shape index (κ1) is 7.46. The van der Waals surface area contributed by atoms with E-state index in [9.17, 15) is 10.1 Å². The van der Waals surface area contributed by atoms with Crippen LogP contribution in [-0.2, 0) is 0 Å². The van der Waals surface area contributed by atoms with Crippen LogP contribution in [0.2, 0.25) is 0 Å². The third kappa shape index (κ3) is 1.64. The highest BCUT2D eigenvalue weighted by Crippen LogP contribution is 2.07. The minimum atomic E-state index is -0.441. The van der Waals surface area contributed by atoms with Gasteiger partial charge in [0.05, 0.1) is 10.6 Å². The Balaban J connectivity index is 2.75. The van der Waals surface area contributed by atoms with Gasteiger partial charge in [0.15, 0.2) is 0 Å². The lowest BCUT2D eigenvalue weighted by Gasteiger charge is -1.99. The van der Waals surface area contributed by atoms with Crippen molar-refractivity contribution >= 4 is 5.71 Å². The predicted molar refractivity (Wildman–Crippen MR) is 40.5 cm³/mol. The fourth-order valence-corrected chi connectivity index (χ4v) is 0.758. The van der Waals surface area contributed by atoms with Gasteiger partial charge in [0, 0.05) is 12.5 Å². The highest BCUT2D eigenvalue weighted by atomic mass is 16.6. The van der Waals surface area contributed by atoms with Crippen LogP contribution in [0.1, 0.15) is 6.42 Å². The van der Waals surface area contributed by atoms with Gasteiger partial charge in [0.1, 0.15) is 0 Å². The van der Waals surface area contributed by atoms with Gasteiger partial charge in [-0.2, -0.15) is 5.10 Å². The molecule has 5 heteroatoms. The Labute approximate surface area is 63.0 Å². The van der Waals surface area contributed by atoms with Crippen LogP contribution in [0, 0.1) is 10.1 Å². The molecule has 5 nitrogen and oxygen atoms in total. The van der Waals surface area contributed by atoms with Gasteiger partial charge in [-0.05, 0) is 12.2 Å². The lowest BCUT2D eigenvalue weighted by Crippen LogP contribution is -2.05. The fraction of sp³-hybridized carbons (Fsp3) is 0.167. The van der Waals surface area contributed by atoms with Crippen molar-refractivity contribution in [1.82, 2.24) is 0 Å². The molecule has 0 heterocycles. The van der Waals surface area contributed by atoms with Gasteiger partial charge >= 0.3 is 0 Å². The summed E-state index contributed by atoms with van der Waals surface area (Å²) >= 11 is 0. The molecule has 0 unspecified atom stereocenters. The van der Waals surface area contributed by atoms with Crippen molar-refractivity contribution in [2.75, 3.05) is 0 Å². The minimum Gasteiger partial charge on any atom is -0.323 e. The Morgan fingerprint density at radius 1 is 1.64 bits per heavy atom. The van der Waals surface area contributed by atoms with E-state index >= 15 is 0 Å². The van der Waals surface area contributed by atoms with Crippen LogP contribution in [0.25, 0.3) is 0 Å². The van der Waals surface area contributed by atoms with Crippen molar-refractivity contribution in [3.8, 4) is 0 Å². The normalized spacial score (nSPS) is 20.0. The molecule has 0 aromatic carbocycles. The van der Waals surface area contributed by atoms with Crippen molar-refractivity contribution in [3.63, 3.8) is 0 Å². The maximum Gasteiger partial charge on any atom is 0.265 e. The highest BCUT2D eigenvalue weighted by molar-refractivity contribution is 5.97. The summed E-state index contributed by atoms with van der Waals surface area (Å²) in [6, 6.07) is 0. The molecule has 0 amide bonds. The molecule has 0 bridgehead atoms. The van der Waals surface area contributed by atoms with Crippen LogP contribution < -0.4 is 5.84 Å². The molecule has 1 aliphatic rings.